The van der Waals surface area contributed by atoms with E-state index in [4.69, 9.17) is 5.73 Å². The number of anilines is 2. The first-order valence-electron chi connectivity index (χ1n) is 4.90. The molecule has 3 N–H and O–H groups in total. The molecule has 1 aromatic carbocycles. The highest BCUT2D eigenvalue weighted by molar-refractivity contribution is 6.02. The molecule has 5 nitrogen and oxygen atoms in total. The molecule has 92 valence electrons. The third-order valence-electron chi connectivity index (χ3n) is 2.06. The maximum Gasteiger partial charge on any atom is 0.275 e. The lowest BCUT2D eigenvalue weighted by Gasteiger charge is -2.05. The first kappa shape index (κ1) is 11.9. The van der Waals surface area contributed by atoms with E-state index in [2.05, 4.69) is 15.3 Å². The molecular weight excluding hydrogens is 242 g/mol. The second-order valence-electron chi connectivity index (χ2n) is 3.41. The molecule has 0 unspecified atom stereocenters. The van der Waals surface area contributed by atoms with Gasteiger partial charge in [-0.1, -0.05) is 0 Å². The predicted molar refractivity (Wildman–Crippen MR) is 60.8 cm³/mol. The Morgan fingerprint density at radius 3 is 2.67 bits per heavy atom. The molecule has 0 fully saturated rings. The van der Waals surface area contributed by atoms with Crippen molar-refractivity contribution in [2.75, 3.05) is 11.1 Å². The van der Waals surface area contributed by atoms with Gasteiger partial charge in [0.15, 0.2) is 11.6 Å². The van der Waals surface area contributed by atoms with Gasteiger partial charge in [0.05, 0.1) is 12.4 Å². The van der Waals surface area contributed by atoms with E-state index >= 15 is 0 Å². The Bertz CT molecular complexity index is 603. The summed E-state index contributed by atoms with van der Waals surface area (Å²) in [5.74, 6) is -2.56. The van der Waals surface area contributed by atoms with Gasteiger partial charge in [-0.2, -0.15) is 0 Å². The minimum absolute atomic E-state index is 0.0141. The molecular formula is C11H8F2N4O. The summed E-state index contributed by atoms with van der Waals surface area (Å²) >= 11 is 0. The Morgan fingerprint density at radius 2 is 2.00 bits per heavy atom. The van der Waals surface area contributed by atoms with Crippen LogP contribution in [0.1, 0.15) is 10.5 Å². The molecule has 2 aromatic rings. The molecule has 0 atom stereocenters. The number of nitrogens with one attached hydrogen (secondary N) is 1. The zero-order valence-electron chi connectivity index (χ0n) is 9.02. The van der Waals surface area contributed by atoms with Crippen LogP contribution in [-0.4, -0.2) is 15.9 Å². The fraction of sp³-hybridized carbons (Fsp3) is 0. The molecule has 2 rings (SSSR count). The third kappa shape index (κ3) is 2.57. The van der Waals surface area contributed by atoms with Crippen LogP contribution < -0.4 is 11.1 Å². The zero-order valence-corrected chi connectivity index (χ0v) is 9.02. The van der Waals surface area contributed by atoms with Crippen molar-refractivity contribution in [3.8, 4) is 0 Å². The van der Waals surface area contributed by atoms with Gasteiger partial charge < -0.3 is 11.1 Å². The number of carbonyl (C=O) groups is 1. The van der Waals surface area contributed by atoms with Gasteiger partial charge >= 0.3 is 0 Å². The van der Waals surface area contributed by atoms with Crippen molar-refractivity contribution in [3.63, 3.8) is 0 Å². The maximum atomic E-state index is 12.9. The van der Waals surface area contributed by atoms with E-state index < -0.39 is 17.5 Å². The Kier molecular flexibility index (Phi) is 3.13. The minimum Gasteiger partial charge on any atom is -0.382 e. The van der Waals surface area contributed by atoms with Gasteiger partial charge in [0.1, 0.15) is 11.5 Å². The van der Waals surface area contributed by atoms with Crippen LogP contribution in [0.2, 0.25) is 0 Å². The molecule has 0 spiro atoms. The highest BCUT2D eigenvalue weighted by Gasteiger charge is 2.10. The monoisotopic (exact) mass is 250 g/mol. The molecule has 0 bridgehead atoms. The highest BCUT2D eigenvalue weighted by atomic mass is 19.2. The average molecular weight is 250 g/mol. The Labute approximate surface area is 101 Å². The van der Waals surface area contributed by atoms with Crippen LogP contribution in [0.4, 0.5) is 20.3 Å². The Morgan fingerprint density at radius 1 is 1.22 bits per heavy atom. The van der Waals surface area contributed by atoms with Crippen LogP contribution in [0.3, 0.4) is 0 Å². The minimum atomic E-state index is -1.05. The van der Waals surface area contributed by atoms with Crippen molar-refractivity contribution in [1.82, 2.24) is 9.97 Å². The number of aromatic nitrogens is 2. The van der Waals surface area contributed by atoms with Crippen molar-refractivity contribution < 1.29 is 13.6 Å². The van der Waals surface area contributed by atoms with Gasteiger partial charge in [-0.3, -0.25) is 9.78 Å². The number of halogens is 2. The lowest BCUT2D eigenvalue weighted by atomic mass is 10.3. The quantitative estimate of drug-likeness (QED) is 0.848. The standard InChI is InChI=1S/C11H8F2N4O/c12-7-2-1-6(3-8(7)13)16-11(18)9-4-15-5-10(14)17-9/h1-5H,(H2,14,17)(H,16,18). The molecule has 0 aliphatic heterocycles. The van der Waals surface area contributed by atoms with E-state index in [1.165, 1.54) is 18.5 Å². The van der Waals surface area contributed by atoms with Crippen molar-refractivity contribution in [2.45, 2.75) is 0 Å². The number of hydrogen-bond acceptors (Lipinski definition) is 4. The van der Waals surface area contributed by atoms with Gasteiger partial charge in [-0.25, -0.2) is 13.8 Å². The third-order valence-corrected chi connectivity index (χ3v) is 2.06. The summed E-state index contributed by atoms with van der Waals surface area (Å²) in [4.78, 5) is 19.1. The van der Waals surface area contributed by atoms with Crippen LogP contribution >= 0.6 is 0 Å². The van der Waals surface area contributed by atoms with E-state index in [9.17, 15) is 13.6 Å². The second kappa shape index (κ2) is 4.74. The number of nitrogens with two attached hydrogens (primary N) is 1. The normalized spacial score (nSPS) is 10.1. The van der Waals surface area contributed by atoms with Crippen LogP contribution in [0.5, 0.6) is 0 Å². The second-order valence-corrected chi connectivity index (χ2v) is 3.41. The maximum absolute atomic E-state index is 12.9. The molecule has 18 heavy (non-hydrogen) atoms. The molecule has 1 amide bonds. The van der Waals surface area contributed by atoms with Crippen molar-refractivity contribution in [1.29, 1.82) is 0 Å². The number of amides is 1. The summed E-state index contributed by atoms with van der Waals surface area (Å²) in [5.41, 5.74) is 5.47. The van der Waals surface area contributed by atoms with Gasteiger partial charge in [0.2, 0.25) is 0 Å². The summed E-state index contributed by atoms with van der Waals surface area (Å²) in [5, 5.41) is 2.35. The average Bonchev–Trinajstić information content (AvgIpc) is 2.34. The number of nitrogens with zero attached hydrogens (tertiary/aromatic N) is 2. The summed E-state index contributed by atoms with van der Waals surface area (Å²) in [6.45, 7) is 0. The number of benzene rings is 1. The summed E-state index contributed by atoms with van der Waals surface area (Å²) in [6.07, 6.45) is 2.50. The molecule has 0 radical (unpaired) electrons. The molecule has 0 saturated heterocycles. The number of hydrogen-bond donors (Lipinski definition) is 2. The van der Waals surface area contributed by atoms with Crippen molar-refractivity contribution in [2.24, 2.45) is 0 Å². The summed E-state index contributed by atoms with van der Waals surface area (Å²) in [7, 11) is 0. The zero-order chi connectivity index (χ0) is 13.1. The van der Waals surface area contributed by atoms with E-state index in [-0.39, 0.29) is 17.2 Å². The Hall–Kier alpha value is -2.57. The largest absolute Gasteiger partial charge is 0.382 e. The molecule has 0 aliphatic rings. The lowest BCUT2D eigenvalue weighted by molar-refractivity contribution is 0.102. The van der Waals surface area contributed by atoms with Crippen LogP contribution in [0, 0.1) is 11.6 Å². The SMILES string of the molecule is Nc1cncc(C(=O)Nc2ccc(F)c(F)c2)n1. The van der Waals surface area contributed by atoms with E-state index in [1.54, 1.807) is 0 Å². The molecule has 0 aliphatic carbocycles. The summed E-state index contributed by atoms with van der Waals surface area (Å²) < 4.78 is 25.6. The van der Waals surface area contributed by atoms with Gasteiger partial charge in [-0.05, 0) is 12.1 Å². The molecule has 1 aromatic heterocycles. The van der Waals surface area contributed by atoms with Gasteiger partial charge in [0.25, 0.3) is 5.91 Å². The molecule has 7 heteroatoms. The van der Waals surface area contributed by atoms with Crippen LogP contribution in [0.25, 0.3) is 0 Å². The number of nitrogen functional groups attached to an aromatic ring is 1. The molecule has 0 saturated carbocycles. The first-order valence-corrected chi connectivity index (χ1v) is 4.90. The first-order chi connectivity index (χ1) is 8.56. The highest BCUT2D eigenvalue weighted by Crippen LogP contribution is 2.13. The fourth-order valence-electron chi connectivity index (χ4n) is 1.26. The lowest BCUT2D eigenvalue weighted by Crippen LogP contribution is -2.15. The number of carbonyl (C=O) groups excluding carboxylic acids is 1. The number of rotatable bonds is 2. The van der Waals surface area contributed by atoms with E-state index in [1.807, 2.05) is 0 Å². The van der Waals surface area contributed by atoms with Gasteiger partial charge in [0, 0.05) is 11.8 Å². The van der Waals surface area contributed by atoms with Crippen molar-refractivity contribution in [3.05, 3.63) is 47.9 Å². The van der Waals surface area contributed by atoms with Crippen molar-refractivity contribution >= 4 is 17.4 Å². The molecule has 1 heterocycles. The van der Waals surface area contributed by atoms with Gasteiger partial charge in [-0.15, -0.1) is 0 Å². The smallest absolute Gasteiger partial charge is 0.275 e. The predicted octanol–water partition coefficient (Wildman–Crippen LogP) is 1.59. The van der Waals surface area contributed by atoms with E-state index in [0.717, 1.165) is 12.1 Å². The van der Waals surface area contributed by atoms with Crippen LogP contribution in [-0.2, 0) is 0 Å². The fourth-order valence-corrected chi connectivity index (χ4v) is 1.26. The topological polar surface area (TPSA) is 80.9 Å². The van der Waals surface area contributed by atoms with E-state index in [0.29, 0.717) is 0 Å². The van der Waals surface area contributed by atoms with Crippen LogP contribution in [0.15, 0.2) is 30.6 Å². The Balaban J connectivity index is 2.18. The summed E-state index contributed by atoms with van der Waals surface area (Å²) in [6, 6.07) is 3.01.